The molecule has 0 fully saturated rings. The van der Waals surface area contributed by atoms with Crippen LogP contribution in [0.2, 0.25) is 0 Å². The molecule has 0 spiro atoms. The third kappa shape index (κ3) is 3.28. The molecule has 0 atom stereocenters. The second kappa shape index (κ2) is 6.51. The second-order valence-corrected chi connectivity index (χ2v) is 6.41. The van der Waals surface area contributed by atoms with E-state index in [9.17, 15) is 18.0 Å². The molecule has 0 N–H and O–H groups in total. The molecular weight excluding hydrogens is 377 g/mol. The summed E-state index contributed by atoms with van der Waals surface area (Å²) in [5.41, 5.74) is 0.391. The maximum atomic E-state index is 13.0. The molecule has 4 rings (SSSR count). The maximum Gasteiger partial charge on any atom is 0.416 e. The van der Waals surface area contributed by atoms with Gasteiger partial charge in [-0.2, -0.15) is 34.7 Å². The SMILES string of the molecule is O=c1ccn(-c2cccc(C(F)(F)F)c2)nc1-c1ccnn1-c1ccsc1. The third-order valence-electron chi connectivity index (χ3n) is 3.88. The average molecular weight is 388 g/mol. The zero-order chi connectivity index (χ0) is 19.0. The fourth-order valence-electron chi connectivity index (χ4n) is 2.62. The fourth-order valence-corrected chi connectivity index (χ4v) is 3.23. The van der Waals surface area contributed by atoms with Gasteiger partial charge in [0.2, 0.25) is 5.43 Å². The van der Waals surface area contributed by atoms with Crippen LogP contribution in [0.15, 0.2) is 70.4 Å². The predicted molar refractivity (Wildman–Crippen MR) is 95.3 cm³/mol. The lowest BCUT2D eigenvalue weighted by molar-refractivity contribution is -0.137. The highest BCUT2D eigenvalue weighted by molar-refractivity contribution is 7.08. The summed E-state index contributed by atoms with van der Waals surface area (Å²) in [6.07, 6.45) is -1.59. The molecule has 0 radical (unpaired) electrons. The van der Waals surface area contributed by atoms with Crippen molar-refractivity contribution < 1.29 is 13.2 Å². The van der Waals surface area contributed by atoms with E-state index in [-0.39, 0.29) is 16.8 Å². The van der Waals surface area contributed by atoms with Crippen LogP contribution in [0.25, 0.3) is 22.8 Å². The molecule has 0 saturated heterocycles. The molecule has 0 aliphatic carbocycles. The zero-order valence-corrected chi connectivity index (χ0v) is 14.4. The van der Waals surface area contributed by atoms with Crippen molar-refractivity contribution in [2.75, 3.05) is 0 Å². The number of benzene rings is 1. The van der Waals surface area contributed by atoms with E-state index < -0.39 is 11.7 Å². The van der Waals surface area contributed by atoms with Gasteiger partial charge in [-0.25, -0.2) is 9.36 Å². The molecule has 136 valence electrons. The Morgan fingerprint density at radius 1 is 1.04 bits per heavy atom. The Kier molecular flexibility index (Phi) is 4.15. The third-order valence-corrected chi connectivity index (χ3v) is 4.55. The van der Waals surface area contributed by atoms with Gasteiger partial charge >= 0.3 is 6.18 Å². The maximum absolute atomic E-state index is 13.0. The monoisotopic (exact) mass is 388 g/mol. The van der Waals surface area contributed by atoms with Crippen LogP contribution >= 0.6 is 11.3 Å². The molecule has 9 heteroatoms. The summed E-state index contributed by atoms with van der Waals surface area (Å²) in [6.45, 7) is 0. The Morgan fingerprint density at radius 2 is 1.89 bits per heavy atom. The number of hydrogen-bond donors (Lipinski definition) is 0. The Hall–Kier alpha value is -3.20. The van der Waals surface area contributed by atoms with Crippen LogP contribution in [0.5, 0.6) is 0 Å². The highest BCUT2D eigenvalue weighted by atomic mass is 32.1. The first-order valence-corrected chi connectivity index (χ1v) is 8.72. The normalized spacial score (nSPS) is 11.7. The predicted octanol–water partition coefficient (Wildman–Crippen LogP) is 4.17. The van der Waals surface area contributed by atoms with Gasteiger partial charge in [0.15, 0.2) is 5.69 Å². The van der Waals surface area contributed by atoms with Gasteiger partial charge in [0.25, 0.3) is 0 Å². The highest BCUT2D eigenvalue weighted by Crippen LogP contribution is 2.30. The van der Waals surface area contributed by atoms with Crippen LogP contribution < -0.4 is 5.43 Å². The molecule has 1 aromatic carbocycles. The molecule has 0 bridgehead atoms. The van der Waals surface area contributed by atoms with Gasteiger partial charge in [0, 0.05) is 17.6 Å². The van der Waals surface area contributed by atoms with Gasteiger partial charge in [0.1, 0.15) is 0 Å². The van der Waals surface area contributed by atoms with Crippen molar-refractivity contribution >= 4 is 11.3 Å². The summed E-state index contributed by atoms with van der Waals surface area (Å²) in [5, 5.41) is 12.2. The molecule has 0 aliphatic rings. The first-order chi connectivity index (χ1) is 12.9. The van der Waals surface area contributed by atoms with Gasteiger partial charge in [0.05, 0.1) is 28.8 Å². The van der Waals surface area contributed by atoms with Crippen molar-refractivity contribution in [1.29, 1.82) is 0 Å². The molecule has 4 aromatic rings. The highest BCUT2D eigenvalue weighted by Gasteiger charge is 2.30. The number of hydrogen-bond acceptors (Lipinski definition) is 4. The summed E-state index contributed by atoms with van der Waals surface area (Å²) in [4.78, 5) is 12.4. The van der Waals surface area contributed by atoms with Gasteiger partial charge in [-0.1, -0.05) is 6.07 Å². The minimum absolute atomic E-state index is 0.0959. The van der Waals surface area contributed by atoms with E-state index >= 15 is 0 Å². The molecular formula is C18H11F3N4OS. The molecule has 5 nitrogen and oxygen atoms in total. The van der Waals surface area contributed by atoms with Crippen LogP contribution in [0.4, 0.5) is 13.2 Å². The first-order valence-electron chi connectivity index (χ1n) is 7.78. The van der Waals surface area contributed by atoms with Crippen LogP contribution in [-0.4, -0.2) is 19.6 Å². The van der Waals surface area contributed by atoms with Crippen molar-refractivity contribution in [2.45, 2.75) is 6.18 Å². The van der Waals surface area contributed by atoms with Crippen molar-refractivity contribution in [3.8, 4) is 22.8 Å². The summed E-state index contributed by atoms with van der Waals surface area (Å²) in [6, 6.07) is 9.51. The Labute approximate surface area is 154 Å². The van der Waals surface area contributed by atoms with E-state index in [1.54, 1.807) is 10.7 Å². The molecule has 3 heterocycles. The molecule has 0 aliphatic heterocycles. The minimum Gasteiger partial charge on any atom is -0.287 e. The number of rotatable bonds is 3. The molecule has 0 unspecified atom stereocenters. The van der Waals surface area contributed by atoms with Crippen LogP contribution in [0.3, 0.4) is 0 Å². The summed E-state index contributed by atoms with van der Waals surface area (Å²) in [5.74, 6) is 0. The van der Waals surface area contributed by atoms with E-state index in [1.807, 2.05) is 16.8 Å². The van der Waals surface area contributed by atoms with Gasteiger partial charge in [-0.15, -0.1) is 0 Å². The van der Waals surface area contributed by atoms with Crippen molar-refractivity contribution in [1.82, 2.24) is 19.6 Å². The van der Waals surface area contributed by atoms with Gasteiger partial charge in [-0.3, -0.25) is 4.79 Å². The fraction of sp³-hybridized carbons (Fsp3) is 0.0556. The number of aromatic nitrogens is 4. The van der Waals surface area contributed by atoms with Crippen molar-refractivity contribution in [3.05, 3.63) is 81.4 Å². The quantitative estimate of drug-likeness (QED) is 0.529. The zero-order valence-electron chi connectivity index (χ0n) is 13.6. The summed E-state index contributed by atoms with van der Waals surface area (Å²) >= 11 is 1.48. The van der Waals surface area contributed by atoms with Crippen molar-refractivity contribution in [3.63, 3.8) is 0 Å². The van der Waals surface area contributed by atoms with E-state index in [0.29, 0.717) is 5.69 Å². The lowest BCUT2D eigenvalue weighted by atomic mass is 10.2. The average Bonchev–Trinajstić information content (AvgIpc) is 3.33. The van der Waals surface area contributed by atoms with Crippen molar-refractivity contribution in [2.24, 2.45) is 0 Å². The second-order valence-electron chi connectivity index (χ2n) is 5.63. The van der Waals surface area contributed by atoms with Gasteiger partial charge in [-0.05, 0) is 35.7 Å². The van der Waals surface area contributed by atoms with E-state index in [0.717, 1.165) is 17.8 Å². The van der Waals surface area contributed by atoms with Crippen LogP contribution in [0, 0.1) is 0 Å². The number of alkyl halides is 3. The molecule has 3 aromatic heterocycles. The Morgan fingerprint density at radius 3 is 2.63 bits per heavy atom. The van der Waals surface area contributed by atoms with E-state index in [2.05, 4.69) is 10.2 Å². The summed E-state index contributed by atoms with van der Waals surface area (Å²) < 4.78 is 41.7. The largest absolute Gasteiger partial charge is 0.416 e. The first kappa shape index (κ1) is 17.2. The smallest absolute Gasteiger partial charge is 0.287 e. The number of thiophene rings is 1. The summed E-state index contributed by atoms with van der Waals surface area (Å²) in [7, 11) is 0. The Bertz CT molecular complexity index is 1150. The topological polar surface area (TPSA) is 52.7 Å². The molecule has 0 amide bonds. The van der Waals surface area contributed by atoms with Gasteiger partial charge < -0.3 is 0 Å². The van der Waals surface area contributed by atoms with Crippen LogP contribution in [-0.2, 0) is 6.18 Å². The number of halogens is 3. The Balaban J connectivity index is 1.83. The lowest BCUT2D eigenvalue weighted by Crippen LogP contribution is -2.15. The van der Waals surface area contributed by atoms with Crippen LogP contribution in [0.1, 0.15) is 5.56 Å². The lowest BCUT2D eigenvalue weighted by Gasteiger charge is -2.11. The van der Waals surface area contributed by atoms with E-state index in [1.165, 1.54) is 46.6 Å². The number of nitrogens with zero attached hydrogens (tertiary/aromatic N) is 4. The standard InChI is InChI=1S/C18H11F3N4OS/c19-18(20,21)12-2-1-3-13(10-12)24-8-5-16(26)17(23-24)15-4-7-22-25(15)14-6-9-27-11-14/h1-11H. The molecule has 27 heavy (non-hydrogen) atoms. The minimum atomic E-state index is -4.46. The molecule has 0 saturated carbocycles. The van der Waals surface area contributed by atoms with E-state index in [4.69, 9.17) is 0 Å².